The summed E-state index contributed by atoms with van der Waals surface area (Å²) in [7, 11) is 0. The van der Waals surface area contributed by atoms with E-state index in [1.165, 1.54) is 0 Å². The minimum absolute atomic E-state index is 0.185. The van der Waals surface area contributed by atoms with Crippen LogP contribution in [-0.2, 0) is 4.79 Å². The van der Waals surface area contributed by atoms with Gasteiger partial charge in [-0.15, -0.1) is 0 Å². The van der Waals surface area contributed by atoms with Gasteiger partial charge in [0.1, 0.15) is 0 Å². The Morgan fingerprint density at radius 3 is 2.67 bits per heavy atom. The number of carbonyl (C=O) groups is 1. The van der Waals surface area contributed by atoms with E-state index in [0.29, 0.717) is 0 Å². The highest BCUT2D eigenvalue weighted by Gasteiger charge is 2.29. The molecule has 9 heavy (non-hydrogen) atoms. The largest absolute Gasteiger partial charge is 0.354 e. The fourth-order valence-electron chi connectivity index (χ4n) is 0.674. The molecule has 1 aliphatic rings. The Morgan fingerprint density at radius 1 is 1.78 bits per heavy atom. The van der Waals surface area contributed by atoms with Gasteiger partial charge in [-0.3, -0.25) is 4.79 Å². The van der Waals surface area contributed by atoms with Gasteiger partial charge in [0, 0.05) is 12.0 Å². The minimum atomic E-state index is 0.185. The maximum atomic E-state index is 10.9. The highest BCUT2D eigenvalue weighted by molar-refractivity contribution is 5.83. The first-order valence-electron chi connectivity index (χ1n) is 3.34. The van der Waals surface area contributed by atoms with Gasteiger partial charge in [0.15, 0.2) is 0 Å². The Kier molecular flexibility index (Phi) is 1.74. The summed E-state index contributed by atoms with van der Waals surface area (Å²) in [5, 5.41) is 2.83. The zero-order valence-corrected chi connectivity index (χ0v) is 5.85. The average Bonchev–Trinajstić information content (AvgIpc) is 2.40. The van der Waals surface area contributed by atoms with E-state index in [9.17, 15) is 4.79 Å². The fraction of sp³-hybridized carbons (Fsp3) is 0.714. The van der Waals surface area contributed by atoms with Gasteiger partial charge in [0.2, 0.25) is 5.91 Å². The molecule has 1 radical (unpaired) electrons. The molecule has 2 nitrogen and oxygen atoms in total. The Bertz CT molecular complexity index is 116. The summed E-state index contributed by atoms with van der Waals surface area (Å²) in [5.74, 6) is 0.414. The summed E-state index contributed by atoms with van der Waals surface area (Å²) >= 11 is 0. The number of nitrogens with one attached hydrogen (secondary N) is 1. The van der Waals surface area contributed by atoms with Gasteiger partial charge in [-0.05, 0) is 26.7 Å². The van der Waals surface area contributed by atoms with E-state index >= 15 is 0 Å². The second kappa shape index (κ2) is 2.38. The fourth-order valence-corrected chi connectivity index (χ4v) is 0.674. The molecule has 0 aromatic carbocycles. The molecule has 1 rings (SSSR count). The predicted molar refractivity (Wildman–Crippen MR) is 35.7 cm³/mol. The molecule has 0 spiro atoms. The molecule has 1 N–H and O–H groups in total. The van der Waals surface area contributed by atoms with E-state index in [4.69, 9.17) is 0 Å². The molecule has 0 bridgehead atoms. The SMILES string of the molecule is CC(C)NC(=O)C1[CH]C1. The highest BCUT2D eigenvalue weighted by atomic mass is 16.2. The number of carbonyl (C=O) groups excluding carboxylic acids is 1. The van der Waals surface area contributed by atoms with Crippen LogP contribution in [0.25, 0.3) is 0 Å². The molecule has 1 atom stereocenters. The first-order valence-corrected chi connectivity index (χ1v) is 3.34. The van der Waals surface area contributed by atoms with Crippen molar-refractivity contribution in [3.8, 4) is 0 Å². The summed E-state index contributed by atoms with van der Waals surface area (Å²) in [6.07, 6.45) is 2.98. The molecule has 1 saturated carbocycles. The number of rotatable bonds is 2. The van der Waals surface area contributed by atoms with Crippen LogP contribution in [0.3, 0.4) is 0 Å². The zero-order chi connectivity index (χ0) is 6.85. The molecular weight excluding hydrogens is 114 g/mol. The van der Waals surface area contributed by atoms with E-state index in [0.717, 1.165) is 6.42 Å². The zero-order valence-electron chi connectivity index (χ0n) is 5.85. The van der Waals surface area contributed by atoms with E-state index < -0.39 is 0 Å². The van der Waals surface area contributed by atoms with Crippen LogP contribution in [0.15, 0.2) is 0 Å². The quantitative estimate of drug-likeness (QED) is 0.580. The lowest BCUT2D eigenvalue weighted by Gasteiger charge is -2.05. The van der Waals surface area contributed by atoms with Gasteiger partial charge in [0.05, 0.1) is 0 Å². The van der Waals surface area contributed by atoms with Crippen molar-refractivity contribution >= 4 is 5.91 Å². The van der Waals surface area contributed by atoms with E-state index in [2.05, 4.69) is 5.32 Å². The van der Waals surface area contributed by atoms with Crippen LogP contribution < -0.4 is 5.32 Å². The molecular formula is C7H12NO. The Balaban J connectivity index is 2.18. The highest BCUT2D eigenvalue weighted by Crippen LogP contribution is 2.27. The third kappa shape index (κ3) is 2.04. The third-order valence-electron chi connectivity index (χ3n) is 1.24. The Morgan fingerprint density at radius 2 is 2.33 bits per heavy atom. The molecule has 0 aromatic heterocycles. The molecule has 0 aliphatic heterocycles. The molecule has 0 heterocycles. The second-order valence-electron chi connectivity index (χ2n) is 2.74. The van der Waals surface area contributed by atoms with Crippen LogP contribution in [0, 0.1) is 12.3 Å². The summed E-state index contributed by atoms with van der Waals surface area (Å²) < 4.78 is 0. The van der Waals surface area contributed by atoms with Crippen molar-refractivity contribution in [2.24, 2.45) is 5.92 Å². The summed E-state index contributed by atoms with van der Waals surface area (Å²) in [6.45, 7) is 3.94. The van der Waals surface area contributed by atoms with Crippen molar-refractivity contribution < 1.29 is 4.79 Å². The van der Waals surface area contributed by atoms with Crippen molar-refractivity contribution in [2.45, 2.75) is 26.3 Å². The van der Waals surface area contributed by atoms with Crippen LogP contribution in [0.4, 0.5) is 0 Å². The van der Waals surface area contributed by atoms with Crippen LogP contribution in [0.5, 0.6) is 0 Å². The molecule has 1 amide bonds. The van der Waals surface area contributed by atoms with Crippen LogP contribution in [-0.4, -0.2) is 11.9 Å². The minimum Gasteiger partial charge on any atom is -0.354 e. The first-order chi connectivity index (χ1) is 4.20. The van der Waals surface area contributed by atoms with Crippen LogP contribution >= 0.6 is 0 Å². The molecule has 1 aliphatic carbocycles. The predicted octanol–water partition coefficient (Wildman–Crippen LogP) is 0.735. The number of amides is 1. The van der Waals surface area contributed by atoms with Gasteiger partial charge >= 0.3 is 0 Å². The van der Waals surface area contributed by atoms with E-state index in [1.807, 2.05) is 20.3 Å². The van der Waals surface area contributed by atoms with Crippen molar-refractivity contribution in [1.29, 1.82) is 0 Å². The molecule has 1 unspecified atom stereocenters. The normalized spacial score (nSPS) is 18.1. The standard InChI is InChI=1S/C7H12NO/c1-5(2)8-7(9)6-3-4-6/h3,5-6H,4H2,1-2H3,(H,8,9). The van der Waals surface area contributed by atoms with Gasteiger partial charge in [-0.25, -0.2) is 0 Å². The van der Waals surface area contributed by atoms with Crippen LogP contribution in [0.1, 0.15) is 20.3 Å². The third-order valence-corrected chi connectivity index (χ3v) is 1.24. The van der Waals surface area contributed by atoms with Gasteiger partial charge in [0.25, 0.3) is 0 Å². The topological polar surface area (TPSA) is 29.1 Å². The molecule has 0 aromatic rings. The maximum Gasteiger partial charge on any atom is 0.223 e. The Labute approximate surface area is 55.6 Å². The lowest BCUT2D eigenvalue weighted by Crippen LogP contribution is -2.31. The second-order valence-corrected chi connectivity index (χ2v) is 2.74. The lowest BCUT2D eigenvalue weighted by molar-refractivity contribution is -0.122. The van der Waals surface area contributed by atoms with Crippen LogP contribution in [0.2, 0.25) is 0 Å². The molecule has 1 fully saturated rings. The smallest absolute Gasteiger partial charge is 0.223 e. The van der Waals surface area contributed by atoms with Gasteiger partial charge in [-0.2, -0.15) is 0 Å². The van der Waals surface area contributed by atoms with Crippen molar-refractivity contribution in [1.82, 2.24) is 5.32 Å². The molecule has 0 saturated heterocycles. The maximum absolute atomic E-state index is 10.9. The summed E-state index contributed by atoms with van der Waals surface area (Å²) in [5.41, 5.74) is 0. The summed E-state index contributed by atoms with van der Waals surface area (Å²) in [4.78, 5) is 10.9. The monoisotopic (exact) mass is 126 g/mol. The van der Waals surface area contributed by atoms with Crippen molar-refractivity contribution in [2.75, 3.05) is 0 Å². The average molecular weight is 126 g/mol. The number of hydrogen-bond donors (Lipinski definition) is 1. The first kappa shape index (κ1) is 6.59. The summed E-state index contributed by atoms with van der Waals surface area (Å²) in [6, 6.07) is 0.284. The molecule has 51 valence electrons. The van der Waals surface area contributed by atoms with E-state index in [1.54, 1.807) is 0 Å². The number of hydrogen-bond acceptors (Lipinski definition) is 1. The van der Waals surface area contributed by atoms with E-state index in [-0.39, 0.29) is 17.9 Å². The van der Waals surface area contributed by atoms with Crippen molar-refractivity contribution in [3.05, 3.63) is 6.42 Å². The Hall–Kier alpha value is -0.530. The molecule has 2 heteroatoms. The van der Waals surface area contributed by atoms with Gasteiger partial charge < -0.3 is 5.32 Å². The van der Waals surface area contributed by atoms with Crippen molar-refractivity contribution in [3.63, 3.8) is 0 Å². The van der Waals surface area contributed by atoms with Gasteiger partial charge in [-0.1, -0.05) is 0 Å². The lowest BCUT2D eigenvalue weighted by atomic mass is 10.3.